The van der Waals surface area contributed by atoms with E-state index in [1.54, 1.807) is 19.1 Å². The molecule has 120 valence electrons. The Kier molecular flexibility index (Phi) is 4.15. The Bertz CT molecular complexity index is 846. The largest absolute Gasteiger partial charge is 0.425 e. The fraction of sp³-hybridized carbons (Fsp3) is 0.400. The van der Waals surface area contributed by atoms with Crippen molar-refractivity contribution in [1.29, 1.82) is 5.26 Å². The second-order valence-corrected chi connectivity index (χ2v) is 7.35. The first-order valence-corrected chi connectivity index (χ1v) is 8.75. The lowest BCUT2D eigenvalue weighted by molar-refractivity contribution is 0.288. The summed E-state index contributed by atoms with van der Waals surface area (Å²) >= 11 is 0. The second-order valence-electron chi connectivity index (χ2n) is 5.45. The zero-order chi connectivity index (χ0) is 16.4. The zero-order valence-corrected chi connectivity index (χ0v) is 13.5. The minimum Gasteiger partial charge on any atom is -0.425 e. The van der Waals surface area contributed by atoms with Crippen LogP contribution in [0.3, 0.4) is 0 Å². The Morgan fingerprint density at radius 2 is 1.96 bits per heavy atom. The van der Waals surface area contributed by atoms with Gasteiger partial charge in [0.2, 0.25) is 21.8 Å². The van der Waals surface area contributed by atoms with Crippen molar-refractivity contribution in [2.45, 2.75) is 30.6 Å². The van der Waals surface area contributed by atoms with Gasteiger partial charge in [-0.1, -0.05) is 12.1 Å². The average molecular weight is 332 g/mol. The van der Waals surface area contributed by atoms with Crippen LogP contribution in [0.2, 0.25) is 0 Å². The fourth-order valence-corrected chi connectivity index (χ4v) is 4.35. The molecule has 23 heavy (non-hydrogen) atoms. The standard InChI is InChI=1S/C15H16N4O3S/c1-11-17-18-15(22-11)12-6-8-19(9-7-12)23(20,21)14-5-3-2-4-13(14)10-16/h2-5,12H,6-9H2,1H3. The third-order valence-corrected chi connectivity index (χ3v) is 5.93. The Hall–Kier alpha value is -2.24. The van der Waals surface area contributed by atoms with Crippen LogP contribution in [0.4, 0.5) is 0 Å². The van der Waals surface area contributed by atoms with E-state index in [1.807, 2.05) is 6.07 Å². The van der Waals surface area contributed by atoms with E-state index in [9.17, 15) is 8.42 Å². The summed E-state index contributed by atoms with van der Waals surface area (Å²) in [5.41, 5.74) is 0.169. The molecular formula is C15H16N4O3S. The quantitative estimate of drug-likeness (QED) is 0.850. The summed E-state index contributed by atoms with van der Waals surface area (Å²) in [7, 11) is -3.66. The highest BCUT2D eigenvalue weighted by Gasteiger charge is 2.33. The molecule has 0 N–H and O–H groups in total. The molecule has 1 aromatic heterocycles. The average Bonchev–Trinajstić information content (AvgIpc) is 3.01. The maximum atomic E-state index is 12.7. The molecule has 1 aliphatic rings. The molecular weight excluding hydrogens is 316 g/mol. The van der Waals surface area contributed by atoms with Crippen molar-refractivity contribution in [3.05, 3.63) is 41.6 Å². The van der Waals surface area contributed by atoms with Gasteiger partial charge < -0.3 is 4.42 Å². The molecule has 0 aliphatic carbocycles. The van der Waals surface area contributed by atoms with Gasteiger partial charge in [-0.25, -0.2) is 8.42 Å². The highest BCUT2D eigenvalue weighted by atomic mass is 32.2. The van der Waals surface area contributed by atoms with E-state index >= 15 is 0 Å². The van der Waals surface area contributed by atoms with Gasteiger partial charge in [0.1, 0.15) is 6.07 Å². The third kappa shape index (κ3) is 2.98. The van der Waals surface area contributed by atoms with E-state index in [0.717, 1.165) is 0 Å². The van der Waals surface area contributed by atoms with Crippen LogP contribution >= 0.6 is 0 Å². The molecule has 1 aromatic carbocycles. The predicted octanol–water partition coefficient (Wildman–Crippen LogP) is 1.82. The van der Waals surface area contributed by atoms with E-state index in [-0.39, 0.29) is 16.4 Å². The number of benzene rings is 1. The maximum absolute atomic E-state index is 12.7. The van der Waals surface area contributed by atoms with Crippen LogP contribution in [0.15, 0.2) is 33.6 Å². The molecule has 7 nitrogen and oxygen atoms in total. The summed E-state index contributed by atoms with van der Waals surface area (Å²) in [6, 6.07) is 8.21. The van der Waals surface area contributed by atoms with Gasteiger partial charge in [-0.2, -0.15) is 9.57 Å². The summed E-state index contributed by atoms with van der Waals surface area (Å²) < 4.78 is 32.3. The van der Waals surface area contributed by atoms with Crippen LogP contribution in [-0.2, 0) is 10.0 Å². The molecule has 1 saturated heterocycles. The van der Waals surface area contributed by atoms with Gasteiger partial charge in [0, 0.05) is 25.9 Å². The van der Waals surface area contributed by atoms with Gasteiger partial charge in [0.25, 0.3) is 0 Å². The Balaban J connectivity index is 1.78. The van der Waals surface area contributed by atoms with E-state index in [0.29, 0.717) is 37.7 Å². The second kappa shape index (κ2) is 6.10. The van der Waals surface area contributed by atoms with Crippen LogP contribution < -0.4 is 0 Å². The van der Waals surface area contributed by atoms with Gasteiger partial charge in [0.15, 0.2) is 0 Å². The van der Waals surface area contributed by atoms with Gasteiger partial charge in [-0.3, -0.25) is 0 Å². The molecule has 0 amide bonds. The van der Waals surface area contributed by atoms with Gasteiger partial charge in [-0.05, 0) is 25.0 Å². The minimum atomic E-state index is -3.66. The van der Waals surface area contributed by atoms with Crippen molar-refractivity contribution in [2.75, 3.05) is 13.1 Å². The summed E-state index contributed by atoms with van der Waals surface area (Å²) in [5, 5.41) is 16.9. The summed E-state index contributed by atoms with van der Waals surface area (Å²) in [4.78, 5) is 0.0644. The SMILES string of the molecule is Cc1nnc(C2CCN(S(=O)(=O)c3ccccc3C#N)CC2)o1. The molecule has 2 aromatic rings. The summed E-state index contributed by atoms with van der Waals surface area (Å²) in [6.07, 6.45) is 1.24. The summed E-state index contributed by atoms with van der Waals surface area (Å²) in [6.45, 7) is 2.47. The van der Waals surface area contributed by atoms with Crippen molar-refractivity contribution < 1.29 is 12.8 Å². The molecule has 1 fully saturated rings. The molecule has 0 atom stereocenters. The molecule has 0 spiro atoms. The molecule has 3 rings (SSSR count). The number of sulfonamides is 1. The molecule has 0 unspecified atom stereocenters. The number of nitrogens with zero attached hydrogens (tertiary/aromatic N) is 4. The Labute approximate surface area is 134 Å². The first-order chi connectivity index (χ1) is 11.0. The van der Waals surface area contributed by atoms with Crippen LogP contribution in [0.5, 0.6) is 0 Å². The van der Waals surface area contributed by atoms with Gasteiger partial charge in [-0.15, -0.1) is 10.2 Å². The Morgan fingerprint density at radius 3 is 2.57 bits per heavy atom. The summed E-state index contributed by atoms with van der Waals surface area (Å²) in [5.74, 6) is 1.16. The third-order valence-electron chi connectivity index (χ3n) is 3.97. The topological polar surface area (TPSA) is 100 Å². The molecule has 0 radical (unpaired) electrons. The lowest BCUT2D eigenvalue weighted by atomic mass is 9.98. The van der Waals surface area contributed by atoms with Gasteiger partial charge in [0.05, 0.1) is 10.5 Å². The van der Waals surface area contributed by atoms with Crippen molar-refractivity contribution in [3.8, 4) is 6.07 Å². The van der Waals surface area contributed by atoms with Crippen molar-refractivity contribution in [3.63, 3.8) is 0 Å². The maximum Gasteiger partial charge on any atom is 0.244 e. The lowest BCUT2D eigenvalue weighted by Gasteiger charge is -2.29. The number of hydrogen-bond acceptors (Lipinski definition) is 6. The monoisotopic (exact) mass is 332 g/mol. The van der Waals surface area contributed by atoms with E-state index < -0.39 is 10.0 Å². The number of aromatic nitrogens is 2. The number of piperidine rings is 1. The highest BCUT2D eigenvalue weighted by molar-refractivity contribution is 7.89. The van der Waals surface area contributed by atoms with Crippen molar-refractivity contribution >= 4 is 10.0 Å². The van der Waals surface area contributed by atoms with Crippen molar-refractivity contribution in [1.82, 2.24) is 14.5 Å². The predicted molar refractivity (Wildman–Crippen MR) is 80.9 cm³/mol. The highest BCUT2D eigenvalue weighted by Crippen LogP contribution is 2.30. The normalized spacial score (nSPS) is 17.0. The van der Waals surface area contributed by atoms with E-state index in [4.69, 9.17) is 9.68 Å². The van der Waals surface area contributed by atoms with Crippen LogP contribution in [0, 0.1) is 18.3 Å². The van der Waals surface area contributed by atoms with E-state index in [2.05, 4.69) is 10.2 Å². The lowest BCUT2D eigenvalue weighted by Crippen LogP contribution is -2.38. The number of nitriles is 1. The first kappa shape index (κ1) is 15.6. The molecule has 0 bridgehead atoms. The van der Waals surface area contributed by atoms with E-state index in [1.165, 1.54) is 16.4 Å². The van der Waals surface area contributed by atoms with Crippen LogP contribution in [0.25, 0.3) is 0 Å². The number of hydrogen-bond donors (Lipinski definition) is 0. The number of aryl methyl sites for hydroxylation is 1. The Morgan fingerprint density at radius 1 is 1.26 bits per heavy atom. The van der Waals surface area contributed by atoms with Crippen LogP contribution in [-0.4, -0.2) is 36.0 Å². The number of rotatable bonds is 3. The van der Waals surface area contributed by atoms with Crippen molar-refractivity contribution in [2.24, 2.45) is 0 Å². The minimum absolute atomic E-state index is 0.0644. The molecule has 1 aliphatic heterocycles. The van der Waals surface area contributed by atoms with Crippen LogP contribution in [0.1, 0.15) is 36.1 Å². The fourth-order valence-electron chi connectivity index (χ4n) is 2.74. The molecule has 8 heteroatoms. The zero-order valence-electron chi connectivity index (χ0n) is 12.6. The molecule has 2 heterocycles. The van der Waals surface area contributed by atoms with Gasteiger partial charge >= 0.3 is 0 Å². The first-order valence-electron chi connectivity index (χ1n) is 7.31. The molecule has 0 saturated carbocycles. The smallest absolute Gasteiger partial charge is 0.244 e.